The van der Waals surface area contributed by atoms with Gasteiger partial charge in [-0.25, -0.2) is 4.98 Å². The van der Waals surface area contributed by atoms with E-state index in [1.165, 1.54) is 0 Å². The fourth-order valence-electron chi connectivity index (χ4n) is 1.20. The molecule has 0 amide bonds. The Labute approximate surface area is 106 Å². The lowest BCUT2D eigenvalue weighted by Gasteiger charge is -2.06. The van der Waals surface area contributed by atoms with Gasteiger partial charge in [-0.2, -0.15) is 9.37 Å². The third kappa shape index (κ3) is 3.13. The zero-order valence-corrected chi connectivity index (χ0v) is 10.3. The van der Waals surface area contributed by atoms with Crippen LogP contribution < -0.4 is 10.5 Å². The van der Waals surface area contributed by atoms with E-state index < -0.39 is 5.82 Å². The summed E-state index contributed by atoms with van der Waals surface area (Å²) in [6, 6.07) is 7.49. The highest BCUT2D eigenvalue weighted by atomic mass is 79.9. The van der Waals surface area contributed by atoms with Crippen molar-refractivity contribution in [3.63, 3.8) is 0 Å². The molecule has 0 unspecified atom stereocenters. The third-order valence-corrected chi connectivity index (χ3v) is 2.55. The molecule has 0 fully saturated rings. The quantitative estimate of drug-likeness (QED) is 0.946. The van der Waals surface area contributed by atoms with Crippen LogP contribution >= 0.6 is 15.9 Å². The Hall–Kier alpha value is -1.69. The smallest absolute Gasteiger partial charge is 0.255 e. The summed E-state index contributed by atoms with van der Waals surface area (Å²) in [5.41, 5.74) is 6.25. The molecule has 0 spiro atoms. The summed E-state index contributed by atoms with van der Waals surface area (Å²) >= 11 is 3.32. The van der Waals surface area contributed by atoms with Crippen LogP contribution in [0.1, 0.15) is 5.56 Å². The van der Waals surface area contributed by atoms with Crippen molar-refractivity contribution in [3.8, 4) is 5.88 Å². The number of nitrogens with zero attached hydrogens (tertiary/aromatic N) is 2. The number of ether oxygens (including phenoxy) is 1. The molecule has 2 rings (SSSR count). The zero-order valence-electron chi connectivity index (χ0n) is 8.73. The molecule has 0 saturated carbocycles. The molecule has 1 aromatic carbocycles. The lowest BCUT2D eigenvalue weighted by molar-refractivity contribution is 0.277. The monoisotopic (exact) mass is 297 g/mol. The standard InChI is InChI=1S/C11H9BrFN3O/c12-8-3-1-7(2-4-8)6-17-10-9(13)5-15-11(14)16-10/h1-5H,6H2,(H2,14,15,16). The van der Waals surface area contributed by atoms with Crippen LogP contribution in [0.3, 0.4) is 0 Å². The van der Waals surface area contributed by atoms with E-state index in [9.17, 15) is 4.39 Å². The van der Waals surface area contributed by atoms with Gasteiger partial charge in [-0.05, 0) is 17.7 Å². The first kappa shape index (κ1) is 11.8. The van der Waals surface area contributed by atoms with Crippen molar-refractivity contribution in [2.75, 3.05) is 5.73 Å². The summed E-state index contributed by atoms with van der Waals surface area (Å²) in [6.07, 6.45) is 0.985. The summed E-state index contributed by atoms with van der Waals surface area (Å²) < 4.78 is 19.4. The Bertz CT molecular complexity index is 519. The molecular formula is C11H9BrFN3O. The Morgan fingerprint density at radius 2 is 2.00 bits per heavy atom. The van der Waals surface area contributed by atoms with Crippen molar-refractivity contribution < 1.29 is 9.13 Å². The molecule has 0 aliphatic carbocycles. The number of nitrogen functional groups attached to an aromatic ring is 1. The maximum Gasteiger partial charge on any atom is 0.255 e. The Morgan fingerprint density at radius 3 is 2.71 bits per heavy atom. The molecule has 0 saturated heterocycles. The summed E-state index contributed by atoms with van der Waals surface area (Å²) in [4.78, 5) is 7.18. The minimum Gasteiger partial charge on any atom is -0.471 e. The van der Waals surface area contributed by atoms with Crippen LogP contribution in [0.2, 0.25) is 0 Å². The molecule has 2 N–H and O–H groups in total. The van der Waals surface area contributed by atoms with Gasteiger partial charge in [0.15, 0.2) is 0 Å². The second-order valence-corrected chi connectivity index (χ2v) is 4.21. The predicted octanol–water partition coefficient (Wildman–Crippen LogP) is 2.54. The van der Waals surface area contributed by atoms with Crippen molar-refractivity contribution in [1.29, 1.82) is 0 Å². The Kier molecular flexibility index (Phi) is 3.53. The molecular weight excluding hydrogens is 289 g/mol. The molecule has 0 aliphatic heterocycles. The summed E-state index contributed by atoms with van der Waals surface area (Å²) in [7, 11) is 0. The number of anilines is 1. The third-order valence-electron chi connectivity index (χ3n) is 2.02. The van der Waals surface area contributed by atoms with E-state index >= 15 is 0 Å². The molecule has 17 heavy (non-hydrogen) atoms. The topological polar surface area (TPSA) is 61.0 Å². The van der Waals surface area contributed by atoms with Crippen molar-refractivity contribution in [1.82, 2.24) is 9.97 Å². The van der Waals surface area contributed by atoms with Gasteiger partial charge in [0.1, 0.15) is 6.61 Å². The zero-order chi connectivity index (χ0) is 12.3. The van der Waals surface area contributed by atoms with Gasteiger partial charge < -0.3 is 10.5 Å². The van der Waals surface area contributed by atoms with E-state index in [2.05, 4.69) is 25.9 Å². The van der Waals surface area contributed by atoms with E-state index in [0.29, 0.717) is 0 Å². The first-order valence-electron chi connectivity index (χ1n) is 4.80. The number of hydrogen-bond acceptors (Lipinski definition) is 4. The summed E-state index contributed by atoms with van der Waals surface area (Å²) in [6.45, 7) is 0.223. The summed E-state index contributed by atoms with van der Waals surface area (Å²) in [5, 5.41) is 0. The fourth-order valence-corrected chi connectivity index (χ4v) is 1.46. The van der Waals surface area contributed by atoms with Gasteiger partial charge in [-0.1, -0.05) is 28.1 Å². The largest absolute Gasteiger partial charge is 0.471 e. The van der Waals surface area contributed by atoms with Gasteiger partial charge >= 0.3 is 0 Å². The number of hydrogen-bond donors (Lipinski definition) is 1. The molecule has 2 aromatic rings. The molecule has 0 bridgehead atoms. The molecule has 88 valence electrons. The predicted molar refractivity (Wildman–Crippen MR) is 64.9 cm³/mol. The molecule has 1 aromatic heterocycles. The number of aromatic nitrogens is 2. The van der Waals surface area contributed by atoms with Gasteiger partial charge in [-0.15, -0.1) is 0 Å². The van der Waals surface area contributed by atoms with Crippen LogP contribution in [-0.4, -0.2) is 9.97 Å². The van der Waals surface area contributed by atoms with Crippen molar-refractivity contribution in [3.05, 3.63) is 46.3 Å². The average molecular weight is 298 g/mol. The van der Waals surface area contributed by atoms with E-state index in [1.54, 1.807) is 0 Å². The van der Waals surface area contributed by atoms with Gasteiger partial charge in [0.2, 0.25) is 11.8 Å². The van der Waals surface area contributed by atoms with Crippen LogP contribution in [0.5, 0.6) is 5.88 Å². The molecule has 1 heterocycles. The number of rotatable bonds is 3. The SMILES string of the molecule is Nc1ncc(F)c(OCc2ccc(Br)cc2)n1. The van der Waals surface area contributed by atoms with Gasteiger partial charge in [0, 0.05) is 4.47 Å². The number of halogens is 2. The number of nitrogens with two attached hydrogens (primary N) is 1. The lowest BCUT2D eigenvalue weighted by atomic mass is 10.2. The van der Waals surface area contributed by atoms with Crippen LogP contribution in [0, 0.1) is 5.82 Å². The molecule has 0 aliphatic rings. The maximum atomic E-state index is 13.2. The van der Waals surface area contributed by atoms with Crippen LogP contribution in [0.15, 0.2) is 34.9 Å². The maximum absolute atomic E-state index is 13.2. The van der Waals surface area contributed by atoms with Crippen LogP contribution in [0.4, 0.5) is 10.3 Å². The first-order valence-corrected chi connectivity index (χ1v) is 5.60. The molecule has 0 atom stereocenters. The first-order chi connectivity index (χ1) is 8.15. The van der Waals surface area contributed by atoms with Crippen LogP contribution in [-0.2, 0) is 6.61 Å². The van der Waals surface area contributed by atoms with Crippen molar-refractivity contribution >= 4 is 21.9 Å². The van der Waals surface area contributed by atoms with Gasteiger partial charge in [-0.3, -0.25) is 0 Å². The Morgan fingerprint density at radius 1 is 1.29 bits per heavy atom. The second kappa shape index (κ2) is 5.09. The molecule has 6 heteroatoms. The minimum atomic E-state index is -0.628. The molecule has 0 radical (unpaired) electrons. The van der Waals surface area contributed by atoms with E-state index in [-0.39, 0.29) is 18.4 Å². The highest BCUT2D eigenvalue weighted by Gasteiger charge is 2.06. The average Bonchev–Trinajstić information content (AvgIpc) is 2.32. The highest BCUT2D eigenvalue weighted by Crippen LogP contribution is 2.16. The molecule has 4 nitrogen and oxygen atoms in total. The normalized spacial score (nSPS) is 10.2. The van der Waals surface area contributed by atoms with E-state index in [4.69, 9.17) is 10.5 Å². The van der Waals surface area contributed by atoms with Gasteiger partial charge in [0.05, 0.1) is 6.20 Å². The summed E-state index contributed by atoms with van der Waals surface area (Å²) in [5.74, 6) is -0.783. The Balaban J connectivity index is 2.07. The van der Waals surface area contributed by atoms with Crippen LogP contribution in [0.25, 0.3) is 0 Å². The van der Waals surface area contributed by atoms with Crippen molar-refractivity contribution in [2.24, 2.45) is 0 Å². The minimum absolute atomic E-state index is 0.0165. The fraction of sp³-hybridized carbons (Fsp3) is 0.0909. The van der Waals surface area contributed by atoms with Crippen molar-refractivity contribution in [2.45, 2.75) is 6.61 Å². The highest BCUT2D eigenvalue weighted by molar-refractivity contribution is 9.10. The lowest BCUT2D eigenvalue weighted by Crippen LogP contribution is -2.03. The second-order valence-electron chi connectivity index (χ2n) is 3.30. The number of benzene rings is 1. The van der Waals surface area contributed by atoms with E-state index in [0.717, 1.165) is 16.2 Å². The van der Waals surface area contributed by atoms with Gasteiger partial charge in [0.25, 0.3) is 5.88 Å². The van der Waals surface area contributed by atoms with E-state index in [1.807, 2.05) is 24.3 Å².